The Morgan fingerprint density at radius 3 is 2.19 bits per heavy atom. The molecule has 0 spiro atoms. The van der Waals surface area contributed by atoms with Gasteiger partial charge in [-0.05, 0) is 130 Å². The summed E-state index contributed by atoms with van der Waals surface area (Å²) in [6.07, 6.45) is 4.73. The van der Waals surface area contributed by atoms with E-state index in [9.17, 15) is 36.6 Å². The number of hydrazine groups is 1. The number of piperidine rings is 1. The van der Waals surface area contributed by atoms with Crippen LogP contribution >= 0.6 is 23.4 Å². The summed E-state index contributed by atoms with van der Waals surface area (Å²) in [5.41, 5.74) is 7.44. The first-order valence-electron chi connectivity index (χ1n) is 25.1. The SMILES string of the molecule is Cc1c2c(c(-c3ccc(Cl)cc3)n1C)C1(C)C=C(N3CCN(c4ccc(NNc5ccc(N[C@H](CCN6CCC(O)CC6)Sc6ccccc6)c(S(=O)(=O)C(F)(F)F)c5)cc4)CC3)CC3=C1N(CCC3(C)O)C2=O. The van der Waals surface area contributed by atoms with Crippen molar-refractivity contribution >= 4 is 61.9 Å². The van der Waals surface area contributed by atoms with Crippen LogP contribution in [0.5, 0.6) is 0 Å². The van der Waals surface area contributed by atoms with Crippen LogP contribution in [0.25, 0.3) is 11.3 Å². The van der Waals surface area contributed by atoms with Gasteiger partial charge < -0.3 is 50.5 Å². The van der Waals surface area contributed by atoms with E-state index < -0.39 is 36.6 Å². The van der Waals surface area contributed by atoms with Gasteiger partial charge in [-0.2, -0.15) is 13.2 Å². The van der Waals surface area contributed by atoms with Gasteiger partial charge in [-0.25, -0.2) is 8.42 Å². The van der Waals surface area contributed by atoms with Crippen LogP contribution in [-0.2, 0) is 22.3 Å². The van der Waals surface area contributed by atoms with Crippen molar-refractivity contribution in [2.75, 3.05) is 73.4 Å². The lowest BCUT2D eigenvalue weighted by Gasteiger charge is -2.53. The molecule has 4 aliphatic heterocycles. The third-order valence-electron chi connectivity index (χ3n) is 15.6. The van der Waals surface area contributed by atoms with Crippen molar-refractivity contribution in [1.82, 2.24) is 19.3 Å². The summed E-state index contributed by atoms with van der Waals surface area (Å²) >= 11 is 7.76. The third kappa shape index (κ3) is 9.89. The first-order valence-corrected chi connectivity index (χ1v) is 27.9. The Kier molecular flexibility index (Phi) is 14.1. The third-order valence-corrected chi connectivity index (χ3v) is 18.5. The van der Waals surface area contributed by atoms with E-state index in [2.05, 4.69) is 48.4 Å². The molecule has 19 heteroatoms. The molecule has 2 unspecified atom stereocenters. The van der Waals surface area contributed by atoms with Crippen molar-refractivity contribution in [2.24, 2.45) is 7.05 Å². The second kappa shape index (κ2) is 20.1. The molecule has 4 aromatic carbocycles. The van der Waals surface area contributed by atoms with E-state index in [1.165, 1.54) is 23.9 Å². The molecule has 0 bridgehead atoms. The molecular formula is C55H62ClF3N8O5S2. The van der Waals surface area contributed by atoms with Crippen LogP contribution in [0.4, 0.5) is 35.9 Å². The van der Waals surface area contributed by atoms with Crippen LogP contribution in [0.3, 0.4) is 0 Å². The fourth-order valence-corrected chi connectivity index (χ4v) is 13.5. The number of nitrogens with one attached hydrogen (secondary N) is 3. The fraction of sp³-hybridized carbons (Fsp3) is 0.400. The minimum Gasteiger partial charge on any atom is -0.393 e. The van der Waals surface area contributed by atoms with Crippen LogP contribution in [0.15, 0.2) is 130 Å². The number of allylic oxidation sites excluding steroid dienone is 2. The summed E-state index contributed by atoms with van der Waals surface area (Å²) in [6.45, 7) is 11.3. The average Bonchev–Trinajstić information content (AvgIpc) is 3.67. The minimum atomic E-state index is -5.77. The summed E-state index contributed by atoms with van der Waals surface area (Å²) in [6, 6.07) is 28.7. The molecule has 3 atom stereocenters. The minimum absolute atomic E-state index is 0.0330. The quantitative estimate of drug-likeness (QED) is 0.0410. The molecule has 2 fully saturated rings. The summed E-state index contributed by atoms with van der Waals surface area (Å²) in [5, 5.41) is 25.3. The van der Waals surface area contributed by atoms with Gasteiger partial charge in [0.15, 0.2) is 0 Å². The number of halogens is 4. The molecule has 1 aliphatic carbocycles. The number of nitrogens with zero attached hydrogens (tertiary/aromatic N) is 5. The Balaban J connectivity index is 0.837. The Bertz CT molecular complexity index is 3100. The first-order chi connectivity index (χ1) is 35.2. The number of amides is 1. The van der Waals surface area contributed by atoms with Crippen molar-refractivity contribution < 1.29 is 36.6 Å². The second-order valence-corrected chi connectivity index (χ2v) is 24.1. The van der Waals surface area contributed by atoms with Gasteiger partial charge in [0.05, 0.1) is 50.8 Å². The molecule has 2 saturated heterocycles. The van der Waals surface area contributed by atoms with Crippen LogP contribution in [0.1, 0.15) is 67.6 Å². The van der Waals surface area contributed by atoms with E-state index >= 15 is 0 Å². The van der Waals surface area contributed by atoms with Gasteiger partial charge in [-0.1, -0.05) is 41.9 Å². The number of fused-ring (bicyclic) bond motifs is 2. The smallest absolute Gasteiger partial charge is 0.393 e. The number of piperazine rings is 1. The largest absolute Gasteiger partial charge is 0.501 e. The van der Waals surface area contributed by atoms with Crippen molar-refractivity contribution in [3.8, 4) is 11.3 Å². The van der Waals surface area contributed by atoms with Gasteiger partial charge in [0.25, 0.3) is 15.7 Å². The molecule has 5 aromatic rings. The highest BCUT2D eigenvalue weighted by molar-refractivity contribution is 8.00. The molecule has 1 amide bonds. The molecule has 13 nitrogen and oxygen atoms in total. The van der Waals surface area contributed by atoms with Gasteiger partial charge in [0.2, 0.25) is 0 Å². The molecule has 5 aliphatic rings. The maximum absolute atomic E-state index is 14.5. The zero-order valence-electron chi connectivity index (χ0n) is 41.8. The number of hydrogen-bond donors (Lipinski definition) is 5. The van der Waals surface area contributed by atoms with Crippen molar-refractivity contribution in [3.05, 3.63) is 142 Å². The predicted octanol–water partition coefficient (Wildman–Crippen LogP) is 10.00. The van der Waals surface area contributed by atoms with Gasteiger partial charge in [-0.3, -0.25) is 4.79 Å². The van der Waals surface area contributed by atoms with Crippen molar-refractivity contribution in [2.45, 2.75) is 90.7 Å². The number of alkyl halides is 3. The van der Waals surface area contributed by atoms with Crippen molar-refractivity contribution in [1.29, 1.82) is 0 Å². The van der Waals surface area contributed by atoms with Crippen LogP contribution < -0.4 is 21.1 Å². The Labute approximate surface area is 439 Å². The monoisotopic (exact) mass is 1070 g/mol. The summed E-state index contributed by atoms with van der Waals surface area (Å²) < 4.78 is 71.2. The number of carbonyl (C=O) groups excluding carboxylic acids is 1. The number of aromatic nitrogens is 1. The number of rotatable bonds is 14. The molecule has 5 heterocycles. The van der Waals surface area contributed by atoms with Crippen LogP contribution in [0.2, 0.25) is 5.02 Å². The number of aliphatic hydroxyl groups excluding tert-OH is 1. The molecular weight excluding hydrogens is 1010 g/mol. The van der Waals surface area contributed by atoms with E-state index in [-0.39, 0.29) is 23.4 Å². The average molecular weight is 1070 g/mol. The summed E-state index contributed by atoms with van der Waals surface area (Å²) in [4.78, 5) is 23.3. The van der Waals surface area contributed by atoms with Crippen molar-refractivity contribution in [3.63, 3.8) is 0 Å². The highest BCUT2D eigenvalue weighted by atomic mass is 35.5. The molecule has 1 aromatic heterocycles. The number of aliphatic hydroxyl groups is 2. The molecule has 5 N–H and O–H groups in total. The fourth-order valence-electron chi connectivity index (χ4n) is 11.4. The lowest BCUT2D eigenvalue weighted by atomic mass is 9.64. The van der Waals surface area contributed by atoms with E-state index in [0.717, 1.165) is 56.1 Å². The Hall–Kier alpha value is -5.63. The predicted molar refractivity (Wildman–Crippen MR) is 287 cm³/mol. The number of thioether (sulfide) groups is 1. The lowest BCUT2D eigenvalue weighted by molar-refractivity contribution is -0.0435. The van der Waals surface area contributed by atoms with E-state index in [1.807, 2.05) is 105 Å². The summed E-state index contributed by atoms with van der Waals surface area (Å²) in [7, 11) is -3.77. The first kappa shape index (κ1) is 51.8. The number of hydrogen-bond acceptors (Lipinski definition) is 12. The standard InChI is InChI=1S/C55H62ClF3N8O5S2/c1-35-48-49(50(63(35)4)36-10-12-37(56)13-11-36)53(2)34-41(33-44-51(53)67(52(48)69)27-23-54(44,3)70)66-30-28-65(29-31-66)40-17-14-38(15-18-40)61-62-39-16-19-45(46(32-39)74(71,72)55(57,58)59)60-47(73-43-8-6-5-7-9-43)22-26-64-24-20-42(68)21-25-64/h5-19,32,34,42,47,60-62,68,70H,20-31,33H2,1-4H3/t47-,53?,54?/m0/s1. The van der Waals surface area contributed by atoms with Gasteiger partial charge in [0, 0.05) is 104 Å². The molecule has 0 radical (unpaired) electrons. The molecule has 74 heavy (non-hydrogen) atoms. The Morgan fingerprint density at radius 2 is 1.51 bits per heavy atom. The molecule has 0 saturated carbocycles. The number of sulfone groups is 1. The highest BCUT2D eigenvalue weighted by Gasteiger charge is 2.55. The lowest BCUT2D eigenvalue weighted by Crippen LogP contribution is -2.55. The van der Waals surface area contributed by atoms with E-state index in [1.54, 1.807) is 0 Å². The van der Waals surface area contributed by atoms with Gasteiger partial charge in [-0.15, -0.1) is 11.8 Å². The maximum atomic E-state index is 14.5. The van der Waals surface area contributed by atoms with Gasteiger partial charge >= 0.3 is 5.51 Å². The van der Waals surface area contributed by atoms with Crippen LogP contribution in [-0.4, -0.2) is 119 Å². The number of carbonyl (C=O) groups is 1. The number of anilines is 4. The second-order valence-electron chi connectivity index (χ2n) is 20.4. The topological polar surface area (TPSA) is 146 Å². The van der Waals surface area contributed by atoms with Crippen LogP contribution in [0, 0.1) is 6.92 Å². The maximum Gasteiger partial charge on any atom is 0.501 e. The van der Waals surface area contributed by atoms with E-state index in [4.69, 9.17) is 11.6 Å². The normalized spacial score (nSPS) is 22.1. The molecule has 10 rings (SSSR count). The van der Waals surface area contributed by atoms with E-state index in [0.29, 0.717) is 101 Å². The highest BCUT2D eigenvalue weighted by Crippen LogP contribution is 2.56. The number of benzene rings is 4. The Morgan fingerprint density at radius 1 is 0.865 bits per heavy atom. The van der Waals surface area contributed by atoms with Gasteiger partial charge in [0.1, 0.15) is 4.90 Å². The zero-order valence-corrected chi connectivity index (χ0v) is 44.2. The zero-order chi connectivity index (χ0) is 52.3. The molecule has 392 valence electrons. The number of likely N-dealkylation sites (tertiary alicyclic amines) is 1. The summed E-state index contributed by atoms with van der Waals surface area (Å²) in [5.74, 6) is -0.0330.